The van der Waals surface area contributed by atoms with Gasteiger partial charge in [0.1, 0.15) is 17.8 Å². The van der Waals surface area contributed by atoms with E-state index in [0.717, 1.165) is 5.56 Å². The number of nitrogens with one attached hydrogen (secondary N) is 1. The lowest BCUT2D eigenvalue weighted by Gasteiger charge is -2.26. The van der Waals surface area contributed by atoms with Crippen LogP contribution < -0.4 is 10.9 Å². The van der Waals surface area contributed by atoms with Gasteiger partial charge in [-0.25, -0.2) is 4.98 Å². The summed E-state index contributed by atoms with van der Waals surface area (Å²) < 4.78 is 12.8. The van der Waals surface area contributed by atoms with Crippen LogP contribution in [0.4, 0.5) is 5.69 Å². The number of aromatic hydroxyl groups is 1. The molecule has 0 aliphatic carbocycles. The predicted molar refractivity (Wildman–Crippen MR) is 131 cm³/mol. The van der Waals surface area contributed by atoms with Crippen LogP contribution in [0.3, 0.4) is 0 Å². The first kappa shape index (κ1) is 25.3. The van der Waals surface area contributed by atoms with E-state index in [4.69, 9.17) is 9.26 Å². The molecule has 3 heterocycles. The third kappa shape index (κ3) is 5.12. The molecule has 0 bridgehead atoms. The Morgan fingerprint density at radius 3 is 2.81 bits per heavy atom. The Morgan fingerprint density at radius 2 is 2.11 bits per heavy atom. The highest BCUT2D eigenvalue weighted by atomic mass is 16.5. The Hall–Kier alpha value is -4.76. The topological polar surface area (TPSA) is 161 Å². The molecule has 0 aliphatic rings. The first-order valence-corrected chi connectivity index (χ1v) is 11.4. The van der Waals surface area contributed by atoms with Crippen molar-refractivity contribution < 1.29 is 19.2 Å². The number of hydrogen-bond donors (Lipinski definition) is 2. The van der Waals surface area contributed by atoms with Gasteiger partial charge < -0.3 is 19.7 Å². The normalized spacial score (nSPS) is 12.6. The van der Waals surface area contributed by atoms with Gasteiger partial charge in [-0.3, -0.25) is 18.8 Å². The molecule has 12 nitrogen and oxygen atoms in total. The SMILES string of the molecule is COCCn1cc([C@H](c2ccccc2C#N)[C@@H](C)c2nc(C(=O)Nc3cnoc3)c(O)c(=O)n2C)cn1. The molecule has 4 aromatic rings. The molecule has 0 aliphatic heterocycles. The van der Waals surface area contributed by atoms with Crippen molar-refractivity contribution in [3.63, 3.8) is 0 Å². The van der Waals surface area contributed by atoms with Gasteiger partial charge in [0, 0.05) is 32.2 Å². The molecule has 0 radical (unpaired) electrons. The largest absolute Gasteiger partial charge is 0.501 e. The maximum atomic E-state index is 12.9. The van der Waals surface area contributed by atoms with Gasteiger partial charge in [0.15, 0.2) is 5.69 Å². The van der Waals surface area contributed by atoms with Crippen molar-refractivity contribution in [3.8, 4) is 11.8 Å². The number of anilines is 1. The molecule has 2 N–H and O–H groups in total. The first-order valence-electron chi connectivity index (χ1n) is 11.4. The van der Waals surface area contributed by atoms with Crippen molar-refractivity contribution in [2.24, 2.45) is 7.05 Å². The number of nitriles is 1. The maximum absolute atomic E-state index is 12.9. The zero-order valence-corrected chi connectivity index (χ0v) is 20.5. The third-order valence-electron chi connectivity index (χ3n) is 6.07. The summed E-state index contributed by atoms with van der Waals surface area (Å²) in [7, 11) is 3.07. The van der Waals surface area contributed by atoms with Crippen molar-refractivity contribution >= 4 is 11.6 Å². The van der Waals surface area contributed by atoms with E-state index in [2.05, 4.69) is 26.6 Å². The monoisotopic (exact) mass is 503 g/mol. The minimum atomic E-state index is -0.798. The van der Waals surface area contributed by atoms with Crippen LogP contribution in [0.2, 0.25) is 0 Å². The van der Waals surface area contributed by atoms with E-state index in [1.807, 2.05) is 25.3 Å². The minimum Gasteiger partial charge on any atom is -0.501 e. The van der Waals surface area contributed by atoms with Crippen molar-refractivity contribution in [1.82, 2.24) is 24.5 Å². The second kappa shape index (κ2) is 10.9. The number of methoxy groups -OCH3 is 1. The number of rotatable bonds is 9. The summed E-state index contributed by atoms with van der Waals surface area (Å²) in [5.41, 5.74) is 0.972. The number of nitrogens with zero attached hydrogens (tertiary/aromatic N) is 6. The van der Waals surface area contributed by atoms with Crippen LogP contribution >= 0.6 is 0 Å². The van der Waals surface area contributed by atoms with E-state index >= 15 is 0 Å². The lowest BCUT2D eigenvalue weighted by atomic mass is 9.80. The minimum absolute atomic E-state index is 0.237. The molecule has 0 spiro atoms. The molecule has 2 atom stereocenters. The number of benzene rings is 1. The average molecular weight is 504 g/mol. The van der Waals surface area contributed by atoms with Gasteiger partial charge in [-0.1, -0.05) is 30.3 Å². The van der Waals surface area contributed by atoms with Crippen LogP contribution in [0.25, 0.3) is 0 Å². The Kier molecular flexibility index (Phi) is 7.45. The van der Waals surface area contributed by atoms with Crippen molar-refractivity contribution in [2.75, 3.05) is 19.0 Å². The molecule has 0 fully saturated rings. The molecule has 0 saturated carbocycles. The molecule has 3 aromatic heterocycles. The Labute approximate surface area is 211 Å². The summed E-state index contributed by atoms with van der Waals surface area (Å²) in [6.45, 7) is 2.83. The van der Waals surface area contributed by atoms with E-state index in [1.165, 1.54) is 24.1 Å². The van der Waals surface area contributed by atoms with Crippen molar-refractivity contribution in [2.45, 2.75) is 25.3 Å². The summed E-state index contributed by atoms with van der Waals surface area (Å²) in [4.78, 5) is 30.2. The predicted octanol–water partition coefficient (Wildman–Crippen LogP) is 2.38. The summed E-state index contributed by atoms with van der Waals surface area (Å²) >= 11 is 0. The second-order valence-corrected chi connectivity index (χ2v) is 8.39. The van der Waals surface area contributed by atoms with Crippen LogP contribution in [0.1, 0.15) is 51.8 Å². The van der Waals surface area contributed by atoms with E-state index < -0.39 is 34.7 Å². The van der Waals surface area contributed by atoms with E-state index in [-0.39, 0.29) is 11.5 Å². The molecule has 0 saturated heterocycles. The molecule has 37 heavy (non-hydrogen) atoms. The Balaban J connectivity index is 1.83. The molecule has 0 unspecified atom stereocenters. The molecule has 1 amide bonds. The van der Waals surface area contributed by atoms with Gasteiger partial charge in [0.25, 0.3) is 11.5 Å². The third-order valence-corrected chi connectivity index (χ3v) is 6.07. The fraction of sp³-hybridized carbons (Fsp3) is 0.280. The van der Waals surface area contributed by atoms with Gasteiger partial charge in [0.2, 0.25) is 5.75 Å². The molecular weight excluding hydrogens is 478 g/mol. The second-order valence-electron chi connectivity index (χ2n) is 8.39. The number of aromatic nitrogens is 5. The van der Waals surface area contributed by atoms with Crippen LogP contribution in [-0.2, 0) is 18.3 Å². The smallest absolute Gasteiger partial charge is 0.296 e. The zero-order valence-electron chi connectivity index (χ0n) is 20.5. The van der Waals surface area contributed by atoms with E-state index in [0.29, 0.717) is 24.3 Å². The zero-order chi connectivity index (χ0) is 26.5. The van der Waals surface area contributed by atoms with Crippen LogP contribution in [0.5, 0.6) is 5.75 Å². The van der Waals surface area contributed by atoms with Crippen molar-refractivity contribution in [3.05, 3.63) is 87.7 Å². The van der Waals surface area contributed by atoms with Gasteiger partial charge in [-0.05, 0) is 17.2 Å². The Morgan fingerprint density at radius 1 is 1.32 bits per heavy atom. The fourth-order valence-electron chi connectivity index (χ4n) is 4.23. The molecule has 1 aromatic carbocycles. The standard InChI is InChI=1S/C25H25N7O5/c1-15(23-30-21(22(33)25(35)31(23)2)24(34)29-18-12-28-37-14-18)20(19-7-5-4-6-16(19)10-26)17-11-27-32(13-17)8-9-36-3/h4-7,11-15,20,33H,8-9H2,1-3H3,(H,29,34)/t15-,20-/m1/s1. The summed E-state index contributed by atoms with van der Waals surface area (Å²) in [5, 5.41) is 30.7. The first-order chi connectivity index (χ1) is 17.8. The van der Waals surface area contributed by atoms with Crippen LogP contribution in [-0.4, -0.2) is 49.2 Å². The lowest BCUT2D eigenvalue weighted by molar-refractivity contribution is 0.101. The van der Waals surface area contributed by atoms with Gasteiger partial charge in [0.05, 0.1) is 37.2 Å². The number of carbonyl (C=O) groups excluding carboxylic acids is 1. The number of carbonyl (C=O) groups is 1. The highest BCUT2D eigenvalue weighted by Crippen LogP contribution is 2.39. The summed E-state index contributed by atoms with van der Waals surface area (Å²) in [6.07, 6.45) is 6.03. The molecule has 12 heteroatoms. The van der Waals surface area contributed by atoms with Gasteiger partial charge in [-0.15, -0.1) is 0 Å². The maximum Gasteiger partial charge on any atom is 0.296 e. The van der Waals surface area contributed by atoms with E-state index in [1.54, 1.807) is 30.1 Å². The average Bonchev–Trinajstić information content (AvgIpc) is 3.59. The molecular formula is C25H25N7O5. The fourth-order valence-corrected chi connectivity index (χ4v) is 4.23. The highest BCUT2D eigenvalue weighted by Gasteiger charge is 2.31. The summed E-state index contributed by atoms with van der Waals surface area (Å²) in [6, 6.07) is 9.38. The number of hydrogen-bond acceptors (Lipinski definition) is 9. The highest BCUT2D eigenvalue weighted by molar-refractivity contribution is 6.04. The van der Waals surface area contributed by atoms with Gasteiger partial charge in [-0.2, -0.15) is 10.4 Å². The van der Waals surface area contributed by atoms with Crippen LogP contribution in [0.15, 0.2) is 58.4 Å². The number of amides is 1. The lowest BCUT2D eigenvalue weighted by Crippen LogP contribution is -2.29. The Bertz CT molecular complexity index is 1500. The van der Waals surface area contributed by atoms with Crippen molar-refractivity contribution in [1.29, 1.82) is 5.26 Å². The molecule has 190 valence electrons. The van der Waals surface area contributed by atoms with Gasteiger partial charge >= 0.3 is 0 Å². The number of ether oxygens (including phenoxy) is 1. The molecule has 4 rings (SSSR count). The quantitative estimate of drug-likeness (QED) is 0.349. The summed E-state index contributed by atoms with van der Waals surface area (Å²) in [5.74, 6) is -2.32. The van der Waals surface area contributed by atoms with E-state index in [9.17, 15) is 20.0 Å². The van der Waals surface area contributed by atoms with Crippen LogP contribution in [0, 0.1) is 11.3 Å².